The molecule has 0 bridgehead atoms. The van der Waals surface area contributed by atoms with E-state index in [-0.39, 0.29) is 11.9 Å². The fourth-order valence-corrected chi connectivity index (χ4v) is 2.63. The highest BCUT2D eigenvalue weighted by Gasteiger charge is 2.12. The number of allylic oxidation sites excluding steroid dienone is 4. The first-order valence-electron chi connectivity index (χ1n) is 8.88. The molecule has 1 aliphatic carbocycles. The largest absolute Gasteiger partial charge is 0.478 e. The van der Waals surface area contributed by atoms with Gasteiger partial charge in [0.25, 0.3) is 5.91 Å². The molecule has 3 rings (SSSR count). The Morgan fingerprint density at radius 3 is 2.69 bits per heavy atom. The number of aromatic nitrogens is 2. The molecule has 1 amide bonds. The molecule has 0 aliphatic heterocycles. The van der Waals surface area contributed by atoms with Gasteiger partial charge in [-0.3, -0.25) is 4.79 Å². The van der Waals surface area contributed by atoms with Crippen molar-refractivity contribution in [3.8, 4) is 5.88 Å². The highest BCUT2D eigenvalue weighted by atomic mass is 16.5. The lowest BCUT2D eigenvalue weighted by atomic mass is 10.1. The summed E-state index contributed by atoms with van der Waals surface area (Å²) in [5.74, 6) is 0.314. The first-order chi connectivity index (χ1) is 12.7. The van der Waals surface area contributed by atoms with E-state index in [2.05, 4.69) is 34.4 Å². The van der Waals surface area contributed by atoms with Crippen LogP contribution in [0.1, 0.15) is 41.7 Å². The van der Waals surface area contributed by atoms with Crippen molar-refractivity contribution < 1.29 is 9.53 Å². The van der Waals surface area contributed by atoms with Crippen LogP contribution >= 0.6 is 0 Å². The molecular weight excluding hydrogens is 326 g/mol. The van der Waals surface area contributed by atoms with Crippen LogP contribution in [0.5, 0.6) is 5.88 Å². The average molecular weight is 349 g/mol. The number of amides is 1. The normalized spacial score (nSPS) is 14.6. The highest BCUT2D eigenvalue weighted by molar-refractivity contribution is 5.94. The van der Waals surface area contributed by atoms with Crippen molar-refractivity contribution in [3.63, 3.8) is 0 Å². The van der Waals surface area contributed by atoms with Crippen LogP contribution in [0.4, 0.5) is 0 Å². The molecule has 0 fully saturated rings. The summed E-state index contributed by atoms with van der Waals surface area (Å²) in [5.41, 5.74) is 1.66. The van der Waals surface area contributed by atoms with Crippen molar-refractivity contribution >= 4 is 5.91 Å². The van der Waals surface area contributed by atoms with Crippen LogP contribution in [-0.2, 0) is 0 Å². The van der Waals surface area contributed by atoms with Gasteiger partial charge in [0.15, 0.2) is 0 Å². The molecule has 1 aliphatic rings. The molecule has 0 unspecified atom stereocenters. The Labute approximate surface area is 153 Å². The molecule has 5 nitrogen and oxygen atoms in total. The molecule has 2 aromatic rings. The summed E-state index contributed by atoms with van der Waals surface area (Å²) in [6, 6.07) is 9.14. The molecule has 26 heavy (non-hydrogen) atoms. The average Bonchev–Trinajstić information content (AvgIpc) is 2.67. The third kappa shape index (κ3) is 4.36. The molecular formula is C21H23N3O2. The third-order valence-corrected chi connectivity index (χ3v) is 4.02. The van der Waals surface area contributed by atoms with E-state index in [4.69, 9.17) is 4.74 Å². The molecule has 0 atom stereocenters. The molecule has 0 radical (unpaired) electrons. The van der Waals surface area contributed by atoms with Crippen LogP contribution in [0.25, 0.3) is 0 Å². The molecule has 0 N–H and O–H groups in total. The number of nitrogens with zero attached hydrogens (tertiary/aromatic N) is 3. The number of carbonyl (C=O) groups is 1. The second-order valence-corrected chi connectivity index (χ2v) is 6.21. The first kappa shape index (κ1) is 17.9. The lowest BCUT2D eigenvalue weighted by molar-refractivity contribution is 0.0998. The summed E-state index contributed by atoms with van der Waals surface area (Å²) in [6.07, 6.45) is 11.8. The second kappa shape index (κ2) is 8.43. The standard InChI is InChI=1S/C21H23N3O2/c1-3-13-26-20-14-18(15-22-24(20)19-7-5-4-6-8-19)23-21(25)17-11-9-16(2)10-12-17/h5-12,14-15,19H,3-4,13H2,1-2H3. The van der Waals surface area contributed by atoms with Gasteiger partial charge in [-0.1, -0.05) is 48.9 Å². The lowest BCUT2D eigenvalue weighted by Crippen LogP contribution is -2.19. The summed E-state index contributed by atoms with van der Waals surface area (Å²) >= 11 is 0. The Bertz CT molecular complexity index is 880. The molecule has 1 heterocycles. The van der Waals surface area contributed by atoms with Crippen molar-refractivity contribution in [2.24, 2.45) is 4.99 Å². The molecule has 1 aromatic carbocycles. The van der Waals surface area contributed by atoms with Crippen molar-refractivity contribution in [2.45, 2.75) is 32.7 Å². The van der Waals surface area contributed by atoms with Crippen molar-refractivity contribution in [2.75, 3.05) is 6.61 Å². The Balaban J connectivity index is 1.93. The fraction of sp³-hybridized carbons (Fsp3) is 0.286. The first-order valence-corrected chi connectivity index (χ1v) is 8.88. The van der Waals surface area contributed by atoms with Gasteiger partial charge in [-0.25, -0.2) is 9.67 Å². The minimum absolute atomic E-state index is 0.0115. The summed E-state index contributed by atoms with van der Waals surface area (Å²) < 4.78 is 7.65. The van der Waals surface area contributed by atoms with Crippen LogP contribution < -0.4 is 10.1 Å². The predicted octanol–water partition coefficient (Wildman–Crippen LogP) is 3.78. The number of aryl methyl sites for hydroxylation is 1. The number of ether oxygens (including phenoxy) is 1. The van der Waals surface area contributed by atoms with Crippen LogP contribution in [0, 0.1) is 6.92 Å². The van der Waals surface area contributed by atoms with Crippen LogP contribution in [0.2, 0.25) is 0 Å². The lowest BCUT2D eigenvalue weighted by Gasteiger charge is -2.18. The van der Waals surface area contributed by atoms with E-state index in [1.807, 2.05) is 26.0 Å². The van der Waals surface area contributed by atoms with Gasteiger partial charge >= 0.3 is 0 Å². The van der Waals surface area contributed by atoms with Gasteiger partial charge in [-0.05, 0) is 31.9 Å². The zero-order valence-electron chi connectivity index (χ0n) is 15.1. The minimum atomic E-state index is -0.288. The molecule has 0 spiro atoms. The SMILES string of the molecule is CCCOc1cc(=NC(=O)c2ccc(C)cc2)cnn1C1C=CCC=C1. The van der Waals surface area contributed by atoms with E-state index < -0.39 is 0 Å². The maximum atomic E-state index is 12.4. The van der Waals surface area contributed by atoms with Gasteiger partial charge < -0.3 is 4.74 Å². The van der Waals surface area contributed by atoms with E-state index in [9.17, 15) is 4.79 Å². The van der Waals surface area contributed by atoms with Crippen molar-refractivity contribution in [1.29, 1.82) is 0 Å². The number of benzene rings is 1. The number of carbonyl (C=O) groups excluding carboxylic acids is 1. The van der Waals surface area contributed by atoms with Gasteiger partial charge in [0, 0.05) is 11.6 Å². The number of hydrogen-bond acceptors (Lipinski definition) is 3. The second-order valence-electron chi connectivity index (χ2n) is 6.21. The zero-order chi connectivity index (χ0) is 18.4. The summed E-state index contributed by atoms with van der Waals surface area (Å²) in [4.78, 5) is 16.6. The maximum Gasteiger partial charge on any atom is 0.277 e. The van der Waals surface area contributed by atoms with Gasteiger partial charge in [-0.2, -0.15) is 5.10 Å². The summed E-state index contributed by atoms with van der Waals surface area (Å²) in [6.45, 7) is 4.61. The van der Waals surface area contributed by atoms with Crippen molar-refractivity contribution in [3.05, 3.63) is 77.3 Å². The molecule has 0 saturated carbocycles. The smallest absolute Gasteiger partial charge is 0.277 e. The van der Waals surface area contributed by atoms with Gasteiger partial charge in [0.1, 0.15) is 0 Å². The maximum absolute atomic E-state index is 12.4. The van der Waals surface area contributed by atoms with E-state index in [0.29, 0.717) is 23.4 Å². The summed E-state index contributed by atoms with van der Waals surface area (Å²) in [7, 11) is 0. The monoisotopic (exact) mass is 349 g/mol. The summed E-state index contributed by atoms with van der Waals surface area (Å²) in [5, 5.41) is 4.95. The van der Waals surface area contributed by atoms with Crippen LogP contribution in [-0.4, -0.2) is 22.3 Å². The number of hydrogen-bond donors (Lipinski definition) is 0. The Morgan fingerprint density at radius 2 is 2.00 bits per heavy atom. The molecule has 0 saturated heterocycles. The minimum Gasteiger partial charge on any atom is -0.478 e. The third-order valence-electron chi connectivity index (χ3n) is 4.02. The van der Waals surface area contributed by atoms with Crippen LogP contribution in [0.3, 0.4) is 0 Å². The van der Waals surface area contributed by atoms with E-state index >= 15 is 0 Å². The Hall–Kier alpha value is -2.95. The predicted molar refractivity (Wildman–Crippen MR) is 101 cm³/mol. The highest BCUT2D eigenvalue weighted by Crippen LogP contribution is 2.20. The van der Waals surface area contributed by atoms with Gasteiger partial charge in [0.05, 0.1) is 24.2 Å². The van der Waals surface area contributed by atoms with E-state index in [1.165, 1.54) is 0 Å². The van der Waals surface area contributed by atoms with E-state index in [1.54, 1.807) is 29.1 Å². The van der Waals surface area contributed by atoms with Gasteiger partial charge in [-0.15, -0.1) is 0 Å². The zero-order valence-corrected chi connectivity index (χ0v) is 15.1. The quantitative estimate of drug-likeness (QED) is 0.772. The Morgan fingerprint density at radius 1 is 1.27 bits per heavy atom. The topological polar surface area (TPSA) is 56.5 Å². The molecule has 134 valence electrons. The molecule has 5 heteroatoms. The fourth-order valence-electron chi connectivity index (χ4n) is 2.63. The van der Waals surface area contributed by atoms with Crippen LogP contribution in [0.15, 0.2) is 65.8 Å². The van der Waals surface area contributed by atoms with Gasteiger partial charge in [0.2, 0.25) is 5.88 Å². The Kier molecular flexibility index (Phi) is 5.79. The van der Waals surface area contributed by atoms with E-state index in [0.717, 1.165) is 18.4 Å². The molecule has 1 aromatic heterocycles. The van der Waals surface area contributed by atoms with Crippen molar-refractivity contribution in [1.82, 2.24) is 9.78 Å². The number of rotatable bonds is 5.